The van der Waals surface area contributed by atoms with Crippen LogP contribution in [0.15, 0.2) is 24.3 Å². The summed E-state index contributed by atoms with van der Waals surface area (Å²) in [6.07, 6.45) is 5.98. The zero-order valence-electron chi connectivity index (χ0n) is 13.1. The Morgan fingerprint density at radius 3 is 2.62 bits per heavy atom. The lowest BCUT2D eigenvalue weighted by Crippen LogP contribution is -2.35. The summed E-state index contributed by atoms with van der Waals surface area (Å²) in [7, 11) is 0. The van der Waals surface area contributed by atoms with Crippen LogP contribution in [0.2, 0.25) is 0 Å². The number of carbonyl (C=O) groups excluding carboxylic acids is 1. The number of carbonyl (C=O) groups is 1. The first kappa shape index (κ1) is 14.4. The van der Waals surface area contributed by atoms with Crippen LogP contribution in [0.4, 0.5) is 11.4 Å². The Kier molecular flexibility index (Phi) is 4.18. The predicted molar refractivity (Wildman–Crippen MR) is 87.4 cm³/mol. The van der Waals surface area contributed by atoms with Crippen LogP contribution in [-0.4, -0.2) is 11.9 Å². The Labute approximate surface area is 127 Å². The lowest BCUT2D eigenvalue weighted by molar-refractivity contribution is -0.117. The molecule has 114 valence electrons. The third kappa shape index (κ3) is 3.58. The van der Waals surface area contributed by atoms with Gasteiger partial charge in [-0.05, 0) is 49.3 Å². The van der Waals surface area contributed by atoms with Gasteiger partial charge in [-0.15, -0.1) is 0 Å². The molecule has 21 heavy (non-hydrogen) atoms. The van der Waals surface area contributed by atoms with E-state index in [0.717, 1.165) is 30.1 Å². The zero-order chi connectivity index (χ0) is 14.8. The van der Waals surface area contributed by atoms with Crippen LogP contribution in [0.1, 0.15) is 46.0 Å². The molecule has 3 unspecified atom stereocenters. The summed E-state index contributed by atoms with van der Waals surface area (Å²) in [5.74, 6) is 1.91. The van der Waals surface area contributed by atoms with E-state index in [0.29, 0.717) is 12.0 Å². The van der Waals surface area contributed by atoms with Crippen molar-refractivity contribution in [2.75, 3.05) is 10.6 Å². The lowest BCUT2D eigenvalue weighted by Gasteiger charge is -2.35. The highest BCUT2D eigenvalue weighted by Crippen LogP contribution is 2.33. The van der Waals surface area contributed by atoms with Crippen LogP contribution in [0.25, 0.3) is 0 Å². The Balaban J connectivity index is 1.63. The average Bonchev–Trinajstić information content (AvgIpc) is 3.29. The van der Waals surface area contributed by atoms with Gasteiger partial charge in [-0.1, -0.05) is 32.8 Å². The molecular formula is C18H26N2O. The standard InChI is InChI=1S/C18H26N2O/c1-12-5-3-8-17(13(12)2)19-15-6-4-7-16(11-15)20-18(21)14-9-10-14/h4,6-7,11-14,17,19H,3,5,8-10H2,1-2H3,(H,20,21). The Morgan fingerprint density at radius 1 is 1.10 bits per heavy atom. The van der Waals surface area contributed by atoms with E-state index in [9.17, 15) is 4.79 Å². The summed E-state index contributed by atoms with van der Waals surface area (Å²) in [5.41, 5.74) is 2.03. The van der Waals surface area contributed by atoms with Gasteiger partial charge in [0.05, 0.1) is 0 Å². The molecule has 0 radical (unpaired) electrons. The van der Waals surface area contributed by atoms with E-state index in [1.807, 2.05) is 12.1 Å². The van der Waals surface area contributed by atoms with Crippen molar-refractivity contribution in [3.63, 3.8) is 0 Å². The van der Waals surface area contributed by atoms with E-state index < -0.39 is 0 Å². The smallest absolute Gasteiger partial charge is 0.227 e. The quantitative estimate of drug-likeness (QED) is 0.867. The number of hydrogen-bond acceptors (Lipinski definition) is 2. The van der Waals surface area contributed by atoms with Gasteiger partial charge in [0.25, 0.3) is 0 Å². The number of nitrogens with one attached hydrogen (secondary N) is 2. The molecule has 3 heteroatoms. The maximum absolute atomic E-state index is 11.8. The molecule has 0 saturated heterocycles. The molecule has 2 aliphatic rings. The highest BCUT2D eigenvalue weighted by Gasteiger charge is 2.30. The van der Waals surface area contributed by atoms with E-state index in [2.05, 4.69) is 36.6 Å². The molecule has 1 aromatic carbocycles. The summed E-state index contributed by atoms with van der Waals surface area (Å²) in [4.78, 5) is 11.8. The minimum Gasteiger partial charge on any atom is -0.382 e. The molecule has 0 aromatic heterocycles. The number of rotatable bonds is 4. The number of anilines is 2. The van der Waals surface area contributed by atoms with E-state index in [1.165, 1.54) is 19.3 Å². The fraction of sp³-hybridized carbons (Fsp3) is 0.611. The first-order chi connectivity index (χ1) is 10.1. The highest BCUT2D eigenvalue weighted by atomic mass is 16.2. The number of amides is 1. The molecule has 0 bridgehead atoms. The molecule has 0 spiro atoms. The van der Waals surface area contributed by atoms with Crippen molar-refractivity contribution >= 4 is 17.3 Å². The van der Waals surface area contributed by atoms with Crippen LogP contribution in [-0.2, 0) is 4.79 Å². The normalized spacial score (nSPS) is 29.0. The van der Waals surface area contributed by atoms with Gasteiger partial charge in [0.15, 0.2) is 0 Å². The summed E-state index contributed by atoms with van der Waals surface area (Å²) >= 11 is 0. The summed E-state index contributed by atoms with van der Waals surface area (Å²) in [5, 5.41) is 6.69. The van der Waals surface area contributed by atoms with Crippen molar-refractivity contribution in [3.05, 3.63) is 24.3 Å². The van der Waals surface area contributed by atoms with E-state index >= 15 is 0 Å². The zero-order valence-corrected chi connectivity index (χ0v) is 13.1. The number of hydrogen-bond donors (Lipinski definition) is 2. The van der Waals surface area contributed by atoms with Crippen molar-refractivity contribution in [3.8, 4) is 0 Å². The highest BCUT2D eigenvalue weighted by molar-refractivity contribution is 5.94. The Morgan fingerprint density at radius 2 is 1.86 bits per heavy atom. The van der Waals surface area contributed by atoms with E-state index in [4.69, 9.17) is 0 Å². The Bertz CT molecular complexity index is 510. The summed E-state index contributed by atoms with van der Waals surface area (Å²) in [6.45, 7) is 4.70. The largest absolute Gasteiger partial charge is 0.382 e. The fourth-order valence-electron chi connectivity index (χ4n) is 3.28. The van der Waals surface area contributed by atoms with Gasteiger partial charge in [0.2, 0.25) is 5.91 Å². The Hall–Kier alpha value is -1.51. The summed E-state index contributed by atoms with van der Waals surface area (Å²) in [6, 6.07) is 8.69. The van der Waals surface area contributed by atoms with Gasteiger partial charge in [-0.25, -0.2) is 0 Å². The molecule has 2 fully saturated rings. The second kappa shape index (κ2) is 6.08. The van der Waals surface area contributed by atoms with Gasteiger partial charge in [-0.3, -0.25) is 4.79 Å². The first-order valence-corrected chi connectivity index (χ1v) is 8.31. The monoisotopic (exact) mass is 286 g/mol. The molecule has 2 N–H and O–H groups in total. The third-order valence-corrected chi connectivity index (χ3v) is 5.14. The molecule has 3 nitrogen and oxygen atoms in total. The second-order valence-electron chi connectivity index (χ2n) is 6.86. The van der Waals surface area contributed by atoms with Gasteiger partial charge >= 0.3 is 0 Å². The molecular weight excluding hydrogens is 260 g/mol. The van der Waals surface area contributed by atoms with Gasteiger partial charge < -0.3 is 10.6 Å². The van der Waals surface area contributed by atoms with Gasteiger partial charge in [-0.2, -0.15) is 0 Å². The molecule has 2 saturated carbocycles. The second-order valence-corrected chi connectivity index (χ2v) is 6.86. The summed E-state index contributed by atoms with van der Waals surface area (Å²) < 4.78 is 0. The van der Waals surface area contributed by atoms with Crippen molar-refractivity contribution in [2.24, 2.45) is 17.8 Å². The minimum atomic E-state index is 0.173. The van der Waals surface area contributed by atoms with Gasteiger partial charge in [0.1, 0.15) is 0 Å². The molecule has 3 atom stereocenters. The molecule has 3 rings (SSSR count). The SMILES string of the molecule is CC1CCCC(Nc2cccc(NC(=O)C3CC3)c2)C1C. The van der Waals surface area contributed by atoms with E-state index in [1.54, 1.807) is 0 Å². The van der Waals surface area contributed by atoms with Crippen molar-refractivity contribution in [2.45, 2.75) is 52.0 Å². The average molecular weight is 286 g/mol. The fourth-order valence-corrected chi connectivity index (χ4v) is 3.28. The molecule has 1 aromatic rings. The third-order valence-electron chi connectivity index (χ3n) is 5.14. The first-order valence-electron chi connectivity index (χ1n) is 8.31. The number of benzene rings is 1. The van der Waals surface area contributed by atoms with E-state index in [-0.39, 0.29) is 11.8 Å². The van der Waals surface area contributed by atoms with Crippen LogP contribution in [0.5, 0.6) is 0 Å². The maximum Gasteiger partial charge on any atom is 0.227 e. The predicted octanol–water partition coefficient (Wildman–Crippen LogP) is 4.27. The van der Waals surface area contributed by atoms with Crippen LogP contribution < -0.4 is 10.6 Å². The molecule has 0 aliphatic heterocycles. The van der Waals surface area contributed by atoms with Crippen LogP contribution in [0.3, 0.4) is 0 Å². The van der Waals surface area contributed by atoms with Crippen LogP contribution in [0, 0.1) is 17.8 Å². The van der Waals surface area contributed by atoms with Crippen molar-refractivity contribution < 1.29 is 4.79 Å². The van der Waals surface area contributed by atoms with Crippen LogP contribution >= 0.6 is 0 Å². The molecule has 1 amide bonds. The van der Waals surface area contributed by atoms with Crippen molar-refractivity contribution in [1.82, 2.24) is 0 Å². The maximum atomic E-state index is 11.8. The lowest BCUT2D eigenvalue weighted by atomic mass is 9.78. The molecule has 2 aliphatic carbocycles. The minimum absolute atomic E-state index is 0.173. The molecule has 0 heterocycles. The van der Waals surface area contributed by atoms with Crippen molar-refractivity contribution in [1.29, 1.82) is 0 Å². The topological polar surface area (TPSA) is 41.1 Å². The van der Waals surface area contributed by atoms with Gasteiger partial charge in [0, 0.05) is 23.3 Å².